The Balaban J connectivity index is 2.73. The molecular weight excluding hydrogens is 302 g/mol. The lowest BCUT2D eigenvalue weighted by Gasteiger charge is -2.13. The van der Waals surface area contributed by atoms with E-state index in [2.05, 4.69) is 4.72 Å². The van der Waals surface area contributed by atoms with E-state index >= 15 is 0 Å². The summed E-state index contributed by atoms with van der Waals surface area (Å²) in [4.78, 5) is 11.4. The summed E-state index contributed by atoms with van der Waals surface area (Å²) in [7, 11) is 0. The highest BCUT2D eigenvalue weighted by atomic mass is 35.5. The number of carboxylic acids is 1. The van der Waals surface area contributed by atoms with E-state index in [9.17, 15) is 14.1 Å². The van der Waals surface area contributed by atoms with Gasteiger partial charge in [0.1, 0.15) is 0 Å². The first-order valence-corrected chi connectivity index (χ1v) is 6.97. The van der Waals surface area contributed by atoms with E-state index < -0.39 is 17.2 Å². The minimum Gasteiger partial charge on any atom is -0.478 e. The molecule has 0 fully saturated rings. The zero-order valence-corrected chi connectivity index (χ0v) is 11.6. The van der Waals surface area contributed by atoms with Gasteiger partial charge in [-0.2, -0.15) is 0 Å². The number of carbonyl (C=O) groups is 1. The van der Waals surface area contributed by atoms with E-state index in [1.165, 1.54) is 12.1 Å². The molecule has 2 aromatic carbocycles. The second-order valence-electron chi connectivity index (χ2n) is 3.90. The van der Waals surface area contributed by atoms with Gasteiger partial charge in [-0.3, -0.25) is 9.27 Å². The van der Waals surface area contributed by atoms with E-state index in [0.717, 1.165) is 0 Å². The van der Waals surface area contributed by atoms with Crippen molar-refractivity contribution in [1.82, 2.24) is 0 Å². The number of rotatable bonds is 4. The maximum absolute atomic E-state index is 11.4. The second-order valence-corrected chi connectivity index (χ2v) is 5.04. The van der Waals surface area contributed by atoms with Crippen molar-refractivity contribution in [2.45, 2.75) is 0 Å². The van der Waals surface area contributed by atoms with Crippen molar-refractivity contribution in [3.05, 3.63) is 53.1 Å². The molecule has 7 heteroatoms. The van der Waals surface area contributed by atoms with Gasteiger partial charge >= 0.3 is 5.97 Å². The van der Waals surface area contributed by atoms with Gasteiger partial charge in [-0.05, 0) is 17.7 Å². The average molecular weight is 312 g/mol. The molecule has 0 spiro atoms. The fraction of sp³-hybridized carbons (Fsp3) is 0. The molecule has 0 bridgehead atoms. The van der Waals surface area contributed by atoms with Gasteiger partial charge in [0.15, 0.2) is 0 Å². The Morgan fingerprint density at radius 1 is 1.20 bits per heavy atom. The summed E-state index contributed by atoms with van der Waals surface area (Å²) in [6.07, 6.45) is 0. The van der Waals surface area contributed by atoms with Crippen molar-refractivity contribution in [3.8, 4) is 11.1 Å². The topological polar surface area (TPSA) is 86.6 Å². The normalized spacial score (nSPS) is 11.9. The van der Waals surface area contributed by atoms with Crippen molar-refractivity contribution in [2.75, 3.05) is 4.72 Å². The summed E-state index contributed by atoms with van der Waals surface area (Å²) >= 11 is 3.52. The Morgan fingerprint density at radius 3 is 2.40 bits per heavy atom. The van der Waals surface area contributed by atoms with E-state index in [1.54, 1.807) is 30.3 Å². The quantitative estimate of drug-likeness (QED) is 0.756. The molecule has 0 saturated heterocycles. The first-order valence-electron chi connectivity index (χ1n) is 5.49. The number of carboxylic acid groups (broad SMARTS) is 1. The van der Waals surface area contributed by atoms with Crippen molar-refractivity contribution in [3.63, 3.8) is 0 Å². The Kier molecular flexibility index (Phi) is 4.39. The molecule has 0 aliphatic carbocycles. The summed E-state index contributed by atoms with van der Waals surface area (Å²) in [6, 6.07) is 11.4. The number of nitrogens with one attached hydrogen (secondary N) is 1. The molecule has 104 valence electrons. The first kappa shape index (κ1) is 14.5. The second kappa shape index (κ2) is 6.04. The number of hydrogen-bond acceptors (Lipinski definition) is 2. The lowest BCUT2D eigenvalue weighted by molar-refractivity contribution is 0.0697. The van der Waals surface area contributed by atoms with Gasteiger partial charge in [0, 0.05) is 10.6 Å². The van der Waals surface area contributed by atoms with Crippen molar-refractivity contribution in [2.24, 2.45) is 0 Å². The van der Waals surface area contributed by atoms with Crippen LogP contribution in [-0.4, -0.2) is 19.8 Å². The van der Waals surface area contributed by atoms with E-state index in [0.29, 0.717) is 11.1 Å². The van der Waals surface area contributed by atoms with Gasteiger partial charge in [0.2, 0.25) is 0 Å². The molecule has 0 aliphatic rings. The Morgan fingerprint density at radius 2 is 1.85 bits per heavy atom. The van der Waals surface area contributed by atoms with Crippen LogP contribution in [0.4, 0.5) is 5.69 Å². The Bertz CT molecular complexity index is 676. The van der Waals surface area contributed by atoms with E-state index in [4.69, 9.17) is 16.2 Å². The largest absolute Gasteiger partial charge is 0.478 e. The van der Waals surface area contributed by atoms with Crippen LogP contribution in [0.1, 0.15) is 10.4 Å². The molecule has 0 aliphatic heterocycles. The average Bonchev–Trinajstić information content (AvgIpc) is 2.38. The number of halogens is 1. The highest BCUT2D eigenvalue weighted by Gasteiger charge is 2.18. The summed E-state index contributed by atoms with van der Waals surface area (Å²) in [5, 5.41) is 9.45. The third-order valence-corrected chi connectivity index (χ3v) is 3.21. The first-order chi connectivity index (χ1) is 9.49. The zero-order chi connectivity index (χ0) is 14.7. The molecule has 0 amide bonds. The van der Waals surface area contributed by atoms with Crippen LogP contribution in [0.3, 0.4) is 0 Å². The van der Waals surface area contributed by atoms with Crippen LogP contribution >= 0.6 is 11.6 Å². The van der Waals surface area contributed by atoms with Gasteiger partial charge in [0.05, 0.1) is 11.3 Å². The highest BCUT2D eigenvalue weighted by Crippen LogP contribution is 2.34. The van der Waals surface area contributed by atoms with Gasteiger partial charge < -0.3 is 5.11 Å². The van der Waals surface area contributed by atoms with Crippen molar-refractivity contribution < 1.29 is 18.7 Å². The minimum atomic E-state index is -2.33. The molecule has 1 atom stereocenters. The number of anilines is 1. The predicted octanol–water partition coefficient (Wildman–Crippen LogP) is 3.25. The van der Waals surface area contributed by atoms with Gasteiger partial charge in [0.25, 0.3) is 11.3 Å². The number of aromatic carboxylic acids is 1. The van der Waals surface area contributed by atoms with Crippen LogP contribution in [0, 0.1) is 0 Å². The van der Waals surface area contributed by atoms with Crippen LogP contribution in [-0.2, 0) is 11.3 Å². The number of benzene rings is 2. The molecule has 0 radical (unpaired) electrons. The Hall–Kier alpha value is -1.89. The maximum Gasteiger partial charge on any atom is 0.336 e. The predicted molar refractivity (Wildman–Crippen MR) is 78.2 cm³/mol. The molecule has 0 aromatic heterocycles. The molecule has 5 nitrogen and oxygen atoms in total. The van der Waals surface area contributed by atoms with Gasteiger partial charge in [-0.1, -0.05) is 41.9 Å². The molecule has 2 aromatic rings. The zero-order valence-electron chi connectivity index (χ0n) is 10.0. The van der Waals surface area contributed by atoms with Gasteiger partial charge in [-0.25, -0.2) is 9.00 Å². The fourth-order valence-electron chi connectivity index (χ4n) is 1.87. The Labute approximate surface area is 122 Å². The fourth-order valence-corrected chi connectivity index (χ4v) is 2.43. The lowest BCUT2D eigenvalue weighted by atomic mass is 9.98. The summed E-state index contributed by atoms with van der Waals surface area (Å²) in [5.74, 6) is -1.17. The van der Waals surface area contributed by atoms with Crippen LogP contribution in [0.25, 0.3) is 11.1 Å². The van der Waals surface area contributed by atoms with Crippen molar-refractivity contribution in [1.29, 1.82) is 0 Å². The summed E-state index contributed by atoms with van der Waals surface area (Å²) in [5.41, 5.74) is 1.05. The summed E-state index contributed by atoms with van der Waals surface area (Å²) in [6.45, 7) is 0. The van der Waals surface area contributed by atoms with Crippen LogP contribution < -0.4 is 4.72 Å². The SMILES string of the molecule is O=C(O)c1cc(Cl)cc(NS(=O)O)c1-c1ccccc1. The molecule has 2 rings (SSSR count). The molecular formula is C13H10ClNO4S. The van der Waals surface area contributed by atoms with Crippen molar-refractivity contribution >= 4 is 34.5 Å². The van der Waals surface area contributed by atoms with E-state index in [1.807, 2.05) is 0 Å². The standard InChI is InChI=1S/C13H10ClNO4S/c14-9-6-10(13(16)17)12(8-4-2-1-3-5-8)11(7-9)15-20(18)19/h1-7,15H,(H,16,17)(H,18,19). The molecule has 1 unspecified atom stereocenters. The van der Waals surface area contributed by atoms with Crippen LogP contribution in [0.2, 0.25) is 5.02 Å². The molecule has 20 heavy (non-hydrogen) atoms. The smallest absolute Gasteiger partial charge is 0.336 e. The lowest BCUT2D eigenvalue weighted by Crippen LogP contribution is -2.07. The maximum atomic E-state index is 11.4. The van der Waals surface area contributed by atoms with Crippen LogP contribution in [0.5, 0.6) is 0 Å². The van der Waals surface area contributed by atoms with Crippen LogP contribution in [0.15, 0.2) is 42.5 Å². The minimum absolute atomic E-state index is 0.0448. The monoisotopic (exact) mass is 311 g/mol. The third-order valence-electron chi connectivity index (χ3n) is 2.59. The third kappa shape index (κ3) is 3.16. The summed E-state index contributed by atoms with van der Waals surface area (Å²) < 4.78 is 22.2. The highest BCUT2D eigenvalue weighted by molar-refractivity contribution is 7.80. The number of hydrogen-bond donors (Lipinski definition) is 3. The molecule has 3 N–H and O–H groups in total. The van der Waals surface area contributed by atoms with E-state index in [-0.39, 0.29) is 16.3 Å². The molecule has 0 heterocycles. The van der Waals surface area contributed by atoms with Gasteiger partial charge in [-0.15, -0.1) is 0 Å². The molecule has 0 saturated carbocycles.